The lowest BCUT2D eigenvalue weighted by Crippen LogP contribution is -2.51. The van der Waals surface area contributed by atoms with Crippen molar-refractivity contribution in [1.82, 2.24) is 9.62 Å². The summed E-state index contributed by atoms with van der Waals surface area (Å²) in [5.74, 6) is -1.82. The maximum atomic E-state index is 13.6. The van der Waals surface area contributed by atoms with Crippen molar-refractivity contribution in [2.24, 2.45) is 0 Å². The number of nitrogens with zero attached hydrogens (tertiary/aromatic N) is 1. The summed E-state index contributed by atoms with van der Waals surface area (Å²) >= 11 is 0. The molecule has 1 aliphatic rings. The van der Waals surface area contributed by atoms with Crippen molar-refractivity contribution in [2.75, 3.05) is 6.54 Å². The second kappa shape index (κ2) is 9.47. The van der Waals surface area contributed by atoms with Crippen LogP contribution in [-0.2, 0) is 24.3 Å². The average Bonchev–Trinajstić information content (AvgIpc) is 2.61. The molecule has 0 aliphatic carbocycles. The molecule has 0 bridgehead atoms. The summed E-state index contributed by atoms with van der Waals surface area (Å²) in [6.07, 6.45) is 1.67. The molecule has 1 aromatic rings. The van der Waals surface area contributed by atoms with Crippen LogP contribution in [0.2, 0.25) is 0 Å². The van der Waals surface area contributed by atoms with Crippen molar-refractivity contribution in [1.29, 1.82) is 0 Å². The molecule has 1 fully saturated rings. The third kappa shape index (κ3) is 5.51. The molecule has 1 saturated heterocycles. The Kier molecular flexibility index (Phi) is 7.54. The van der Waals surface area contributed by atoms with Gasteiger partial charge in [-0.3, -0.25) is 9.59 Å². The van der Waals surface area contributed by atoms with Gasteiger partial charge in [0.05, 0.1) is 6.42 Å². The molecule has 3 unspecified atom stereocenters. The fourth-order valence-electron chi connectivity index (χ4n) is 3.40. The molecule has 156 valence electrons. The van der Waals surface area contributed by atoms with Gasteiger partial charge in [0, 0.05) is 18.6 Å². The Bertz CT molecular complexity index is 804. The minimum Gasteiger partial charge on any atom is -0.452 e. The first-order chi connectivity index (χ1) is 13.1. The van der Waals surface area contributed by atoms with Gasteiger partial charge in [-0.05, 0) is 52.2 Å². The Balaban J connectivity index is 1.85. The molecule has 0 aromatic heterocycles. The number of sulfonamides is 1. The van der Waals surface area contributed by atoms with Crippen LogP contribution in [0.5, 0.6) is 0 Å². The van der Waals surface area contributed by atoms with Crippen molar-refractivity contribution in [3.63, 3.8) is 0 Å². The van der Waals surface area contributed by atoms with E-state index in [1.54, 1.807) is 4.90 Å². The zero-order valence-electron chi connectivity index (χ0n) is 16.4. The van der Waals surface area contributed by atoms with Gasteiger partial charge in [0.15, 0.2) is 6.10 Å². The summed E-state index contributed by atoms with van der Waals surface area (Å²) < 4.78 is 45.1. The van der Waals surface area contributed by atoms with Crippen molar-refractivity contribution in [2.45, 2.75) is 69.5 Å². The summed E-state index contributed by atoms with van der Waals surface area (Å²) in [5, 5.41) is 0. The highest BCUT2D eigenvalue weighted by molar-refractivity contribution is 7.89. The normalized spacial score (nSPS) is 21.2. The largest absolute Gasteiger partial charge is 0.452 e. The van der Waals surface area contributed by atoms with Gasteiger partial charge >= 0.3 is 5.97 Å². The molecule has 9 heteroatoms. The van der Waals surface area contributed by atoms with Crippen molar-refractivity contribution >= 4 is 21.9 Å². The summed E-state index contributed by atoms with van der Waals surface area (Å²) in [6.45, 7) is 5.20. The van der Waals surface area contributed by atoms with Gasteiger partial charge in [0.2, 0.25) is 10.0 Å². The van der Waals surface area contributed by atoms with Gasteiger partial charge in [0.25, 0.3) is 5.91 Å². The number of carbonyl (C=O) groups is 2. The standard InChI is InChI=1S/C19H27FN2O5S/c1-13-7-6-8-14(2)22(13)19(24)15(3)27-18(23)11-12-21-28(25,26)17-10-5-4-9-16(17)20/h4-5,9-10,13-15,21H,6-8,11-12H2,1-3H3. The van der Waals surface area contributed by atoms with Crippen molar-refractivity contribution < 1.29 is 27.1 Å². The topological polar surface area (TPSA) is 92.8 Å². The van der Waals surface area contributed by atoms with E-state index < -0.39 is 32.8 Å². The summed E-state index contributed by atoms with van der Waals surface area (Å²) in [4.78, 5) is 25.9. The van der Waals surface area contributed by atoms with Gasteiger partial charge in [0.1, 0.15) is 10.7 Å². The van der Waals surface area contributed by atoms with Crippen LogP contribution in [0.3, 0.4) is 0 Å². The Hall–Kier alpha value is -2.00. The van der Waals surface area contributed by atoms with Gasteiger partial charge < -0.3 is 9.64 Å². The van der Waals surface area contributed by atoms with Crippen LogP contribution in [-0.4, -0.2) is 49.9 Å². The quantitative estimate of drug-likeness (QED) is 0.691. The zero-order chi connectivity index (χ0) is 20.9. The van der Waals surface area contributed by atoms with E-state index in [-0.39, 0.29) is 31.0 Å². The predicted molar refractivity (Wildman–Crippen MR) is 101 cm³/mol. The Morgan fingerprint density at radius 3 is 2.46 bits per heavy atom. The monoisotopic (exact) mass is 414 g/mol. The van der Waals surface area contributed by atoms with Crippen LogP contribution in [0.15, 0.2) is 29.2 Å². The van der Waals surface area contributed by atoms with E-state index in [2.05, 4.69) is 4.72 Å². The molecule has 0 radical (unpaired) electrons. The maximum Gasteiger partial charge on any atom is 0.307 e. The van der Waals surface area contributed by atoms with Crippen LogP contribution >= 0.6 is 0 Å². The number of carbonyl (C=O) groups excluding carboxylic acids is 2. The highest BCUT2D eigenvalue weighted by Gasteiger charge is 2.33. The number of esters is 1. The van der Waals surface area contributed by atoms with E-state index in [1.807, 2.05) is 13.8 Å². The summed E-state index contributed by atoms with van der Waals surface area (Å²) in [7, 11) is -4.07. The molecule has 3 atom stereocenters. The van der Waals surface area contributed by atoms with E-state index in [4.69, 9.17) is 4.74 Å². The van der Waals surface area contributed by atoms with Gasteiger partial charge in [-0.15, -0.1) is 0 Å². The number of ether oxygens (including phenoxy) is 1. The first kappa shape index (κ1) is 22.3. The number of benzene rings is 1. The second-order valence-corrected chi connectivity index (χ2v) is 8.82. The van der Waals surface area contributed by atoms with Crippen LogP contribution in [0.4, 0.5) is 4.39 Å². The summed E-state index contributed by atoms with van der Waals surface area (Å²) in [5.41, 5.74) is 0. The van der Waals surface area contributed by atoms with Crippen molar-refractivity contribution in [3.8, 4) is 0 Å². The average molecular weight is 414 g/mol. The van der Waals surface area contributed by atoms with Crippen LogP contribution in [0.1, 0.15) is 46.5 Å². The molecular formula is C19H27FN2O5S. The first-order valence-corrected chi connectivity index (χ1v) is 10.9. The van der Waals surface area contributed by atoms with Crippen LogP contribution in [0.25, 0.3) is 0 Å². The fraction of sp³-hybridized carbons (Fsp3) is 0.579. The number of hydrogen-bond acceptors (Lipinski definition) is 5. The lowest BCUT2D eigenvalue weighted by atomic mass is 9.97. The molecule has 7 nitrogen and oxygen atoms in total. The number of amides is 1. The second-order valence-electron chi connectivity index (χ2n) is 7.08. The number of rotatable bonds is 7. The lowest BCUT2D eigenvalue weighted by molar-refractivity contribution is -0.162. The van der Waals surface area contributed by atoms with E-state index in [1.165, 1.54) is 19.1 Å². The van der Waals surface area contributed by atoms with E-state index >= 15 is 0 Å². The van der Waals surface area contributed by atoms with Gasteiger partial charge in [-0.2, -0.15) is 0 Å². The minimum absolute atomic E-state index is 0.0879. The van der Waals surface area contributed by atoms with Crippen LogP contribution < -0.4 is 4.72 Å². The Labute approximate surface area is 165 Å². The molecule has 1 heterocycles. The maximum absolute atomic E-state index is 13.6. The molecule has 0 saturated carbocycles. The predicted octanol–water partition coefficient (Wildman–Crippen LogP) is 2.22. The summed E-state index contributed by atoms with van der Waals surface area (Å²) in [6, 6.07) is 5.14. The molecule has 2 rings (SSSR count). The number of nitrogens with one attached hydrogen (secondary N) is 1. The molecular weight excluding hydrogens is 387 g/mol. The Morgan fingerprint density at radius 2 is 1.86 bits per heavy atom. The number of piperidine rings is 1. The third-order valence-corrected chi connectivity index (χ3v) is 6.35. The highest BCUT2D eigenvalue weighted by atomic mass is 32.2. The molecule has 1 aromatic carbocycles. The number of likely N-dealkylation sites (tertiary alicyclic amines) is 1. The molecule has 0 spiro atoms. The van der Waals surface area contributed by atoms with E-state index in [0.29, 0.717) is 0 Å². The van der Waals surface area contributed by atoms with Gasteiger partial charge in [-0.25, -0.2) is 17.5 Å². The van der Waals surface area contributed by atoms with Crippen molar-refractivity contribution in [3.05, 3.63) is 30.1 Å². The third-order valence-electron chi connectivity index (χ3n) is 4.85. The SMILES string of the molecule is CC(OC(=O)CCNS(=O)(=O)c1ccccc1F)C(=O)N1C(C)CCCC1C. The fourth-order valence-corrected chi connectivity index (χ4v) is 4.51. The first-order valence-electron chi connectivity index (χ1n) is 9.39. The van der Waals surface area contributed by atoms with E-state index in [0.717, 1.165) is 31.4 Å². The molecule has 1 aliphatic heterocycles. The highest BCUT2D eigenvalue weighted by Crippen LogP contribution is 2.23. The number of halogens is 1. The zero-order valence-corrected chi connectivity index (χ0v) is 17.2. The van der Waals surface area contributed by atoms with Crippen LogP contribution in [0, 0.1) is 5.82 Å². The molecule has 28 heavy (non-hydrogen) atoms. The number of hydrogen-bond donors (Lipinski definition) is 1. The molecule has 1 amide bonds. The van der Waals surface area contributed by atoms with E-state index in [9.17, 15) is 22.4 Å². The smallest absolute Gasteiger partial charge is 0.307 e. The lowest BCUT2D eigenvalue weighted by Gasteiger charge is -2.40. The molecule has 1 N–H and O–H groups in total. The Morgan fingerprint density at radius 1 is 1.25 bits per heavy atom. The van der Waals surface area contributed by atoms with Gasteiger partial charge in [-0.1, -0.05) is 12.1 Å². The minimum atomic E-state index is -4.07.